The van der Waals surface area contributed by atoms with Crippen LogP contribution in [0.1, 0.15) is 5.56 Å². The van der Waals surface area contributed by atoms with Crippen molar-refractivity contribution in [1.29, 1.82) is 0 Å². The van der Waals surface area contributed by atoms with Gasteiger partial charge in [0, 0.05) is 25.5 Å². The molecule has 5 heteroatoms. The number of likely N-dealkylation sites (N-methyl/N-ethyl adjacent to an activating group) is 1. The number of rotatable bonds is 5. The van der Waals surface area contributed by atoms with Crippen molar-refractivity contribution in [3.8, 4) is 0 Å². The van der Waals surface area contributed by atoms with E-state index in [0.29, 0.717) is 13.0 Å². The van der Waals surface area contributed by atoms with Gasteiger partial charge in [0.2, 0.25) is 0 Å². The molecular weight excluding hydrogens is 244 g/mol. The first-order valence-electron chi connectivity index (χ1n) is 6.21. The van der Waals surface area contributed by atoms with Gasteiger partial charge in [0.25, 0.3) is 5.91 Å². The molecular formula is C14H18N2O3. The van der Waals surface area contributed by atoms with Gasteiger partial charge >= 0.3 is 0 Å². The van der Waals surface area contributed by atoms with Crippen LogP contribution in [0, 0.1) is 0 Å². The van der Waals surface area contributed by atoms with E-state index in [1.54, 1.807) is 13.3 Å². The van der Waals surface area contributed by atoms with Crippen molar-refractivity contribution in [3.63, 3.8) is 0 Å². The number of aliphatic hydroxyl groups excluding tert-OH is 1. The second-order valence-corrected chi connectivity index (χ2v) is 4.52. The molecule has 2 aromatic rings. The molecule has 0 aliphatic heterocycles. The van der Waals surface area contributed by atoms with Crippen molar-refractivity contribution in [2.75, 3.05) is 20.1 Å². The Labute approximate surface area is 111 Å². The highest BCUT2D eigenvalue weighted by atomic mass is 16.3. The third kappa shape index (κ3) is 2.94. The summed E-state index contributed by atoms with van der Waals surface area (Å²) < 4.78 is 5.44. The molecule has 1 heterocycles. The Kier molecular flexibility index (Phi) is 4.19. The fourth-order valence-electron chi connectivity index (χ4n) is 1.98. The monoisotopic (exact) mass is 262 g/mol. The minimum absolute atomic E-state index is 0.0577. The number of amides is 1. The van der Waals surface area contributed by atoms with Gasteiger partial charge in [-0.2, -0.15) is 0 Å². The first-order chi connectivity index (χ1) is 9.13. The second-order valence-electron chi connectivity index (χ2n) is 4.52. The fourth-order valence-corrected chi connectivity index (χ4v) is 1.98. The van der Waals surface area contributed by atoms with Crippen molar-refractivity contribution in [2.45, 2.75) is 12.5 Å². The molecule has 0 aliphatic rings. The number of carbonyl (C=O) groups is 1. The number of para-hydroxylation sites is 1. The molecule has 102 valence electrons. The SMILES string of the molecule is CN(CCc1coc2ccccc12)C(=O)C(O)CN. The molecule has 1 aromatic heterocycles. The maximum absolute atomic E-state index is 11.7. The van der Waals surface area contributed by atoms with Gasteiger partial charge in [-0.1, -0.05) is 18.2 Å². The summed E-state index contributed by atoms with van der Waals surface area (Å²) in [6.07, 6.45) is 1.27. The van der Waals surface area contributed by atoms with Crippen LogP contribution in [0.3, 0.4) is 0 Å². The highest BCUT2D eigenvalue weighted by molar-refractivity contribution is 5.82. The van der Waals surface area contributed by atoms with E-state index in [4.69, 9.17) is 10.2 Å². The summed E-state index contributed by atoms with van der Waals surface area (Å²) in [5.41, 5.74) is 7.16. The lowest BCUT2D eigenvalue weighted by Crippen LogP contribution is -2.41. The van der Waals surface area contributed by atoms with E-state index in [0.717, 1.165) is 16.5 Å². The van der Waals surface area contributed by atoms with Crippen LogP contribution >= 0.6 is 0 Å². The van der Waals surface area contributed by atoms with Crippen LogP contribution in [0.15, 0.2) is 34.9 Å². The molecule has 1 aromatic carbocycles. The summed E-state index contributed by atoms with van der Waals surface area (Å²) in [6.45, 7) is 0.456. The van der Waals surface area contributed by atoms with Crippen molar-refractivity contribution in [3.05, 3.63) is 36.1 Å². The normalized spacial score (nSPS) is 12.6. The Morgan fingerprint density at radius 3 is 2.95 bits per heavy atom. The van der Waals surface area contributed by atoms with Crippen LogP contribution in [0.25, 0.3) is 11.0 Å². The van der Waals surface area contributed by atoms with E-state index in [1.165, 1.54) is 4.90 Å². The molecule has 2 rings (SSSR count). The maximum atomic E-state index is 11.7. The molecule has 19 heavy (non-hydrogen) atoms. The number of nitrogens with zero attached hydrogens (tertiary/aromatic N) is 1. The Morgan fingerprint density at radius 2 is 2.21 bits per heavy atom. The molecule has 1 amide bonds. The average molecular weight is 262 g/mol. The van der Waals surface area contributed by atoms with Gasteiger partial charge in [0.05, 0.1) is 6.26 Å². The largest absolute Gasteiger partial charge is 0.464 e. The topological polar surface area (TPSA) is 79.7 Å². The first-order valence-corrected chi connectivity index (χ1v) is 6.21. The maximum Gasteiger partial charge on any atom is 0.252 e. The number of fused-ring (bicyclic) bond motifs is 1. The number of hydrogen-bond acceptors (Lipinski definition) is 4. The summed E-state index contributed by atoms with van der Waals surface area (Å²) in [5, 5.41) is 10.4. The Balaban J connectivity index is 2.01. The number of hydrogen-bond donors (Lipinski definition) is 2. The zero-order chi connectivity index (χ0) is 13.8. The number of carbonyl (C=O) groups excluding carboxylic acids is 1. The number of nitrogens with two attached hydrogens (primary N) is 1. The lowest BCUT2D eigenvalue weighted by molar-refractivity contribution is -0.138. The molecule has 0 spiro atoms. The van der Waals surface area contributed by atoms with Crippen molar-refractivity contribution in [2.24, 2.45) is 5.73 Å². The molecule has 5 nitrogen and oxygen atoms in total. The molecule has 0 radical (unpaired) electrons. The van der Waals surface area contributed by atoms with Crippen molar-refractivity contribution < 1.29 is 14.3 Å². The fraction of sp³-hybridized carbons (Fsp3) is 0.357. The Hall–Kier alpha value is -1.85. The molecule has 0 bridgehead atoms. The minimum atomic E-state index is -1.12. The van der Waals surface area contributed by atoms with Gasteiger partial charge in [-0.3, -0.25) is 4.79 Å². The van der Waals surface area contributed by atoms with Crippen LogP contribution in [-0.4, -0.2) is 42.2 Å². The first kappa shape index (κ1) is 13.6. The molecule has 1 unspecified atom stereocenters. The number of benzene rings is 1. The molecule has 0 saturated carbocycles. The van der Waals surface area contributed by atoms with E-state index in [2.05, 4.69) is 0 Å². The van der Waals surface area contributed by atoms with Crippen molar-refractivity contribution >= 4 is 16.9 Å². The van der Waals surface area contributed by atoms with E-state index < -0.39 is 6.10 Å². The summed E-state index contributed by atoms with van der Waals surface area (Å²) >= 11 is 0. The predicted octanol–water partition coefficient (Wildman–Crippen LogP) is 0.753. The molecule has 1 atom stereocenters. The van der Waals surface area contributed by atoms with E-state index in [-0.39, 0.29) is 12.5 Å². The van der Waals surface area contributed by atoms with Gasteiger partial charge in [0.15, 0.2) is 0 Å². The van der Waals surface area contributed by atoms with Gasteiger partial charge < -0.3 is 20.2 Å². The summed E-state index contributed by atoms with van der Waals surface area (Å²) in [7, 11) is 1.66. The molecule has 0 aliphatic carbocycles. The Morgan fingerprint density at radius 1 is 1.47 bits per heavy atom. The summed E-state index contributed by atoms with van der Waals surface area (Å²) in [5.74, 6) is -0.352. The minimum Gasteiger partial charge on any atom is -0.464 e. The quantitative estimate of drug-likeness (QED) is 0.833. The molecule has 0 saturated heterocycles. The smallest absolute Gasteiger partial charge is 0.252 e. The summed E-state index contributed by atoms with van der Waals surface area (Å²) in [6, 6.07) is 7.77. The lowest BCUT2D eigenvalue weighted by atomic mass is 10.1. The predicted molar refractivity (Wildman–Crippen MR) is 72.6 cm³/mol. The number of furan rings is 1. The number of aliphatic hydroxyl groups is 1. The Bertz CT molecular complexity index is 565. The van der Waals surface area contributed by atoms with Crippen molar-refractivity contribution in [1.82, 2.24) is 4.90 Å². The van der Waals surface area contributed by atoms with Gasteiger partial charge in [-0.15, -0.1) is 0 Å². The molecule has 0 fully saturated rings. The van der Waals surface area contributed by atoms with E-state index in [1.807, 2.05) is 24.3 Å². The second kappa shape index (κ2) is 5.86. The lowest BCUT2D eigenvalue weighted by Gasteiger charge is -2.19. The summed E-state index contributed by atoms with van der Waals surface area (Å²) in [4.78, 5) is 13.2. The van der Waals surface area contributed by atoms with E-state index >= 15 is 0 Å². The zero-order valence-corrected chi connectivity index (χ0v) is 10.9. The van der Waals surface area contributed by atoms with Gasteiger partial charge in [-0.25, -0.2) is 0 Å². The third-order valence-electron chi connectivity index (χ3n) is 3.16. The highest BCUT2D eigenvalue weighted by Crippen LogP contribution is 2.21. The standard InChI is InChI=1S/C14H18N2O3/c1-16(14(18)12(17)8-15)7-6-10-9-19-13-5-3-2-4-11(10)13/h2-5,9,12,17H,6-8,15H2,1H3. The van der Waals surface area contributed by atoms with Crippen LogP contribution in [0.5, 0.6) is 0 Å². The van der Waals surface area contributed by atoms with Gasteiger partial charge in [0.1, 0.15) is 11.7 Å². The van der Waals surface area contributed by atoms with E-state index in [9.17, 15) is 9.90 Å². The zero-order valence-electron chi connectivity index (χ0n) is 10.9. The van der Waals surface area contributed by atoms with Crippen LogP contribution in [-0.2, 0) is 11.2 Å². The van der Waals surface area contributed by atoms with Crippen LogP contribution in [0.2, 0.25) is 0 Å². The third-order valence-corrected chi connectivity index (χ3v) is 3.16. The molecule has 3 N–H and O–H groups in total. The van der Waals surface area contributed by atoms with Crippen LogP contribution < -0.4 is 5.73 Å². The van der Waals surface area contributed by atoms with Gasteiger partial charge in [-0.05, 0) is 18.1 Å². The highest BCUT2D eigenvalue weighted by Gasteiger charge is 2.17. The van der Waals surface area contributed by atoms with Crippen LogP contribution in [0.4, 0.5) is 0 Å². The average Bonchev–Trinajstić information content (AvgIpc) is 2.86.